The summed E-state index contributed by atoms with van der Waals surface area (Å²) >= 11 is 0. The molecule has 0 bridgehead atoms. The highest BCUT2D eigenvalue weighted by atomic mass is 19.1. The summed E-state index contributed by atoms with van der Waals surface area (Å²) in [5.74, 6) is -0.385. The minimum Gasteiger partial charge on any atom is -0.497 e. The zero-order valence-electron chi connectivity index (χ0n) is 14.6. The van der Waals surface area contributed by atoms with E-state index >= 15 is 0 Å². The third kappa shape index (κ3) is 3.40. The predicted molar refractivity (Wildman–Crippen MR) is 94.4 cm³/mol. The first-order chi connectivity index (χ1) is 12.5. The molecule has 0 aromatic heterocycles. The van der Waals surface area contributed by atoms with Crippen molar-refractivity contribution in [3.05, 3.63) is 59.9 Å². The van der Waals surface area contributed by atoms with Crippen molar-refractivity contribution in [2.75, 3.05) is 19.1 Å². The van der Waals surface area contributed by atoms with E-state index in [4.69, 9.17) is 4.74 Å². The number of rotatable bonds is 6. The third-order valence-electron chi connectivity index (χ3n) is 4.66. The van der Waals surface area contributed by atoms with Crippen LogP contribution in [-0.2, 0) is 14.3 Å². The van der Waals surface area contributed by atoms with E-state index in [0.29, 0.717) is 12.1 Å². The van der Waals surface area contributed by atoms with Gasteiger partial charge in [0.15, 0.2) is 0 Å². The Bertz CT molecular complexity index is 788. The smallest absolute Gasteiger partial charge is 0.305 e. The van der Waals surface area contributed by atoms with Crippen LogP contribution in [0.4, 0.5) is 10.1 Å². The van der Waals surface area contributed by atoms with Gasteiger partial charge in [0, 0.05) is 12.1 Å². The van der Waals surface area contributed by atoms with Gasteiger partial charge in [-0.25, -0.2) is 4.39 Å². The van der Waals surface area contributed by atoms with Crippen molar-refractivity contribution in [1.29, 1.82) is 0 Å². The van der Waals surface area contributed by atoms with Gasteiger partial charge in [0.05, 0.1) is 26.2 Å². The zero-order valence-corrected chi connectivity index (χ0v) is 14.6. The molecule has 1 heterocycles. The normalized spacial score (nSPS) is 19.0. The van der Waals surface area contributed by atoms with E-state index in [2.05, 4.69) is 4.74 Å². The summed E-state index contributed by atoms with van der Waals surface area (Å²) in [5.41, 5.74) is 1.57. The Morgan fingerprint density at radius 2 is 1.73 bits per heavy atom. The maximum atomic E-state index is 13.2. The molecule has 1 aliphatic rings. The highest BCUT2D eigenvalue weighted by Crippen LogP contribution is 2.45. The molecule has 2 atom stereocenters. The number of benzene rings is 2. The zero-order chi connectivity index (χ0) is 18.7. The number of carbonyl (C=O) groups is 2. The number of hydrogen-bond donors (Lipinski definition) is 0. The molecule has 0 spiro atoms. The van der Waals surface area contributed by atoms with Crippen molar-refractivity contribution in [3.8, 4) is 5.75 Å². The van der Waals surface area contributed by atoms with Gasteiger partial charge in [-0.15, -0.1) is 0 Å². The van der Waals surface area contributed by atoms with Gasteiger partial charge in [-0.05, 0) is 48.4 Å². The number of halogens is 1. The molecule has 0 saturated carbocycles. The third-order valence-corrected chi connectivity index (χ3v) is 4.66. The lowest BCUT2D eigenvalue weighted by Gasteiger charge is -2.47. The van der Waals surface area contributed by atoms with Gasteiger partial charge in [0.25, 0.3) is 0 Å². The molecule has 0 aliphatic carbocycles. The number of anilines is 1. The Morgan fingerprint density at radius 3 is 2.31 bits per heavy atom. The molecule has 5 nitrogen and oxygen atoms in total. The van der Waals surface area contributed by atoms with Gasteiger partial charge in [0.2, 0.25) is 5.91 Å². The summed E-state index contributed by atoms with van der Waals surface area (Å²) in [6, 6.07) is 13.1. The fraction of sp³-hybridized carbons (Fsp3) is 0.300. The first-order valence-electron chi connectivity index (χ1n) is 8.34. The van der Waals surface area contributed by atoms with Crippen LogP contribution in [0.3, 0.4) is 0 Å². The Balaban J connectivity index is 1.88. The van der Waals surface area contributed by atoms with Crippen LogP contribution in [0.1, 0.15) is 24.4 Å². The molecule has 0 N–H and O–H groups in total. The summed E-state index contributed by atoms with van der Waals surface area (Å²) in [5, 5.41) is 0. The molecule has 6 heteroatoms. The summed E-state index contributed by atoms with van der Waals surface area (Å²) in [7, 11) is 2.92. The van der Waals surface area contributed by atoms with Crippen LogP contribution < -0.4 is 9.64 Å². The van der Waals surface area contributed by atoms with Gasteiger partial charge in [0.1, 0.15) is 11.6 Å². The van der Waals surface area contributed by atoms with Crippen LogP contribution in [0.25, 0.3) is 0 Å². The van der Waals surface area contributed by atoms with Gasteiger partial charge in [-0.1, -0.05) is 12.1 Å². The van der Waals surface area contributed by atoms with E-state index < -0.39 is 0 Å². The van der Waals surface area contributed by atoms with Crippen molar-refractivity contribution in [2.45, 2.75) is 18.9 Å². The molecule has 1 aliphatic heterocycles. The SMILES string of the molecule is COC(=O)CC[C@H]1C(=O)N(c2ccc(F)cc2)[C@@H]1c1ccc(OC)cc1. The molecular formula is C20H20FNO4. The quantitative estimate of drug-likeness (QED) is 0.587. The Morgan fingerprint density at radius 1 is 1.08 bits per heavy atom. The molecule has 2 aromatic rings. The van der Waals surface area contributed by atoms with Gasteiger partial charge >= 0.3 is 5.97 Å². The molecule has 3 rings (SSSR count). The lowest BCUT2D eigenvalue weighted by Crippen LogP contribution is -2.55. The van der Waals surface area contributed by atoms with Crippen molar-refractivity contribution < 1.29 is 23.5 Å². The van der Waals surface area contributed by atoms with E-state index in [1.807, 2.05) is 24.3 Å². The first kappa shape index (κ1) is 17.9. The lowest BCUT2D eigenvalue weighted by molar-refractivity contribution is -0.141. The largest absolute Gasteiger partial charge is 0.497 e. The average Bonchev–Trinajstić information content (AvgIpc) is 2.67. The standard InChI is InChI=1S/C20H20FNO4/c1-25-16-9-3-13(4-10-16)19-17(11-12-18(23)26-2)20(24)22(19)15-7-5-14(21)6-8-15/h3-10,17,19H,11-12H2,1-2H3/t17-,19-/m1/s1. The summed E-state index contributed by atoms with van der Waals surface area (Å²) in [6.07, 6.45) is 0.580. The maximum Gasteiger partial charge on any atom is 0.305 e. The number of nitrogens with zero attached hydrogens (tertiary/aromatic N) is 1. The van der Waals surface area contributed by atoms with Crippen LogP contribution in [-0.4, -0.2) is 26.1 Å². The molecular weight excluding hydrogens is 337 g/mol. The highest BCUT2D eigenvalue weighted by Gasteiger charge is 2.48. The van der Waals surface area contributed by atoms with Crippen LogP contribution in [0.2, 0.25) is 0 Å². The number of amides is 1. The van der Waals surface area contributed by atoms with Crippen LogP contribution in [0, 0.1) is 11.7 Å². The van der Waals surface area contributed by atoms with E-state index in [1.54, 1.807) is 24.1 Å². The van der Waals surface area contributed by atoms with Gasteiger partial charge in [-0.2, -0.15) is 0 Å². The fourth-order valence-corrected chi connectivity index (χ4v) is 3.28. The molecule has 1 saturated heterocycles. The number of carbonyl (C=O) groups excluding carboxylic acids is 2. The summed E-state index contributed by atoms with van der Waals surface area (Å²) in [6.45, 7) is 0. The minimum atomic E-state index is -0.357. The van der Waals surface area contributed by atoms with E-state index in [9.17, 15) is 14.0 Å². The number of hydrogen-bond acceptors (Lipinski definition) is 4. The topological polar surface area (TPSA) is 55.8 Å². The highest BCUT2D eigenvalue weighted by molar-refractivity contribution is 6.03. The molecule has 1 amide bonds. The Labute approximate surface area is 151 Å². The number of methoxy groups -OCH3 is 2. The molecule has 136 valence electrons. The second-order valence-electron chi connectivity index (χ2n) is 6.12. The average molecular weight is 357 g/mol. The molecule has 0 radical (unpaired) electrons. The lowest BCUT2D eigenvalue weighted by atomic mass is 9.79. The van der Waals surface area contributed by atoms with Gasteiger partial charge < -0.3 is 14.4 Å². The predicted octanol–water partition coefficient (Wildman–Crippen LogP) is 3.49. The van der Waals surface area contributed by atoms with Crippen molar-refractivity contribution in [3.63, 3.8) is 0 Å². The minimum absolute atomic E-state index is 0.0821. The second-order valence-corrected chi connectivity index (χ2v) is 6.12. The van der Waals surface area contributed by atoms with Crippen LogP contribution >= 0.6 is 0 Å². The van der Waals surface area contributed by atoms with Crippen molar-refractivity contribution >= 4 is 17.6 Å². The van der Waals surface area contributed by atoms with E-state index in [0.717, 1.165) is 11.3 Å². The first-order valence-corrected chi connectivity index (χ1v) is 8.34. The molecule has 2 aromatic carbocycles. The maximum absolute atomic E-state index is 13.2. The fourth-order valence-electron chi connectivity index (χ4n) is 3.28. The Hall–Kier alpha value is -2.89. The van der Waals surface area contributed by atoms with Crippen molar-refractivity contribution in [1.82, 2.24) is 0 Å². The summed E-state index contributed by atoms with van der Waals surface area (Å²) in [4.78, 5) is 25.8. The van der Waals surface area contributed by atoms with Crippen molar-refractivity contribution in [2.24, 2.45) is 5.92 Å². The second kappa shape index (κ2) is 7.56. The molecule has 1 fully saturated rings. The Kier molecular flexibility index (Phi) is 5.21. The monoisotopic (exact) mass is 357 g/mol. The summed E-state index contributed by atoms with van der Waals surface area (Å²) < 4.78 is 23.1. The van der Waals surface area contributed by atoms with Gasteiger partial charge in [-0.3, -0.25) is 9.59 Å². The number of β-lactam (4-membered cyclic amide) rings is 1. The van der Waals surface area contributed by atoms with E-state index in [-0.39, 0.29) is 36.1 Å². The number of ether oxygens (including phenoxy) is 2. The van der Waals surface area contributed by atoms with Crippen LogP contribution in [0.15, 0.2) is 48.5 Å². The molecule has 26 heavy (non-hydrogen) atoms. The molecule has 0 unspecified atom stereocenters. The van der Waals surface area contributed by atoms with E-state index in [1.165, 1.54) is 19.2 Å². The van der Waals surface area contributed by atoms with Crippen LogP contribution in [0.5, 0.6) is 5.75 Å². The number of esters is 1.